The smallest absolute Gasteiger partial charge is 0.229 e. The topological polar surface area (TPSA) is 98.3 Å². The van der Waals surface area contributed by atoms with Crippen molar-refractivity contribution in [3.8, 4) is 0 Å². The summed E-state index contributed by atoms with van der Waals surface area (Å²) in [7, 11) is 0. The molecule has 1 aromatic carbocycles. The summed E-state index contributed by atoms with van der Waals surface area (Å²) >= 11 is 0. The van der Waals surface area contributed by atoms with Crippen LogP contribution >= 0.6 is 0 Å². The molecule has 2 heterocycles. The Hall–Kier alpha value is -2.48. The quantitative estimate of drug-likeness (QED) is 0.727. The Kier molecular flexibility index (Phi) is 5.22. The van der Waals surface area contributed by atoms with Gasteiger partial charge in [0.25, 0.3) is 0 Å². The Balaban J connectivity index is 1.77. The number of aliphatic hydroxyl groups excluding tert-OH is 1. The summed E-state index contributed by atoms with van der Waals surface area (Å²) in [4.78, 5) is 26.3. The first kappa shape index (κ1) is 18.3. The Bertz CT molecular complexity index is 822. The lowest BCUT2D eigenvalue weighted by Gasteiger charge is -2.23. The second-order valence-corrected chi connectivity index (χ2v) is 6.80. The van der Waals surface area contributed by atoms with Gasteiger partial charge in [0.2, 0.25) is 11.8 Å². The minimum atomic E-state index is -0.556. The van der Waals surface area contributed by atoms with E-state index in [0.29, 0.717) is 5.52 Å². The highest BCUT2D eigenvalue weighted by Gasteiger charge is 2.38. The number of rotatable bonds is 6. The fraction of sp³-hybridized carbons (Fsp3) is 0.500. The standard InChI is InChI=1S/C18H23FN4O3/c1-3-10(2)14(9-24)20-18(26)11-7-15(25)23(8-11)17-16-12(19)5-4-6-13(16)21-22-17/h4-6,10-11,14,24H,3,7-9H2,1-2H3,(H,20,26)(H,21,22)/t10-,11?,14-/m0/s1. The van der Waals surface area contributed by atoms with Crippen LogP contribution in [0.25, 0.3) is 10.9 Å². The number of nitrogens with one attached hydrogen (secondary N) is 2. The number of carbonyl (C=O) groups excluding carboxylic acids is 2. The first-order valence-electron chi connectivity index (χ1n) is 8.80. The molecule has 0 spiro atoms. The largest absolute Gasteiger partial charge is 0.394 e. The van der Waals surface area contributed by atoms with Crippen LogP contribution in [0, 0.1) is 17.7 Å². The van der Waals surface area contributed by atoms with Crippen LogP contribution < -0.4 is 10.2 Å². The van der Waals surface area contributed by atoms with E-state index >= 15 is 0 Å². The number of benzene rings is 1. The summed E-state index contributed by atoms with van der Waals surface area (Å²) in [5.41, 5.74) is 0.498. The van der Waals surface area contributed by atoms with Gasteiger partial charge in [0.05, 0.1) is 29.5 Å². The SMILES string of the molecule is CC[C@H](C)[C@H](CO)NC(=O)C1CC(=O)N(c2n[nH]c3cccc(F)c23)C1. The molecule has 2 amide bonds. The number of aromatic amines is 1. The van der Waals surface area contributed by atoms with Crippen molar-refractivity contribution in [1.82, 2.24) is 15.5 Å². The third-order valence-corrected chi connectivity index (χ3v) is 5.13. The van der Waals surface area contributed by atoms with Gasteiger partial charge in [-0.1, -0.05) is 26.3 Å². The summed E-state index contributed by atoms with van der Waals surface area (Å²) in [6, 6.07) is 4.20. The number of amides is 2. The minimum absolute atomic E-state index is 0.0350. The molecule has 1 unspecified atom stereocenters. The summed E-state index contributed by atoms with van der Waals surface area (Å²) in [5.74, 6) is -1.24. The number of hydrogen-bond donors (Lipinski definition) is 3. The lowest BCUT2D eigenvalue weighted by atomic mass is 9.98. The maximum Gasteiger partial charge on any atom is 0.229 e. The predicted octanol–water partition coefficient (Wildman–Crippen LogP) is 1.58. The van der Waals surface area contributed by atoms with Crippen molar-refractivity contribution in [2.45, 2.75) is 32.7 Å². The number of H-pyrrole nitrogens is 1. The van der Waals surface area contributed by atoms with E-state index in [-0.39, 0.29) is 54.6 Å². The van der Waals surface area contributed by atoms with Gasteiger partial charge in [-0.15, -0.1) is 0 Å². The summed E-state index contributed by atoms with van der Waals surface area (Å²) in [6.45, 7) is 3.92. The van der Waals surface area contributed by atoms with Crippen LogP contribution in [0.3, 0.4) is 0 Å². The summed E-state index contributed by atoms with van der Waals surface area (Å²) in [5, 5.41) is 19.3. The number of anilines is 1. The molecule has 1 aliphatic rings. The van der Waals surface area contributed by atoms with E-state index in [9.17, 15) is 19.1 Å². The molecule has 3 atom stereocenters. The molecule has 7 nitrogen and oxygen atoms in total. The molecule has 1 saturated heterocycles. The van der Waals surface area contributed by atoms with E-state index in [1.54, 1.807) is 12.1 Å². The highest BCUT2D eigenvalue weighted by molar-refractivity contribution is 6.05. The van der Waals surface area contributed by atoms with Gasteiger partial charge in [0, 0.05) is 13.0 Å². The number of aromatic nitrogens is 2. The highest BCUT2D eigenvalue weighted by atomic mass is 19.1. The zero-order valence-electron chi connectivity index (χ0n) is 14.8. The van der Waals surface area contributed by atoms with Crippen molar-refractivity contribution in [3.05, 3.63) is 24.0 Å². The average molecular weight is 362 g/mol. The highest BCUT2D eigenvalue weighted by Crippen LogP contribution is 2.31. The van der Waals surface area contributed by atoms with Gasteiger partial charge in [-0.3, -0.25) is 19.6 Å². The van der Waals surface area contributed by atoms with Crippen molar-refractivity contribution < 1.29 is 19.1 Å². The number of nitrogens with zero attached hydrogens (tertiary/aromatic N) is 2. The number of carbonyl (C=O) groups is 2. The normalized spacial score (nSPS) is 19.8. The number of halogens is 1. The van der Waals surface area contributed by atoms with Crippen LogP contribution in [-0.4, -0.2) is 46.3 Å². The Morgan fingerprint density at radius 3 is 3.00 bits per heavy atom. The molecule has 8 heteroatoms. The molecule has 1 fully saturated rings. The van der Waals surface area contributed by atoms with Crippen molar-refractivity contribution in [2.75, 3.05) is 18.1 Å². The molecule has 26 heavy (non-hydrogen) atoms. The van der Waals surface area contributed by atoms with E-state index in [1.807, 2.05) is 13.8 Å². The van der Waals surface area contributed by atoms with E-state index in [4.69, 9.17) is 0 Å². The van der Waals surface area contributed by atoms with E-state index < -0.39 is 11.7 Å². The first-order chi connectivity index (χ1) is 12.5. The van der Waals surface area contributed by atoms with E-state index in [0.717, 1.165) is 6.42 Å². The minimum Gasteiger partial charge on any atom is -0.394 e. The van der Waals surface area contributed by atoms with E-state index in [2.05, 4.69) is 15.5 Å². The van der Waals surface area contributed by atoms with Gasteiger partial charge in [-0.05, 0) is 18.1 Å². The fourth-order valence-electron chi connectivity index (χ4n) is 3.25. The van der Waals surface area contributed by atoms with Gasteiger partial charge in [0.1, 0.15) is 5.82 Å². The van der Waals surface area contributed by atoms with Crippen LogP contribution in [0.1, 0.15) is 26.7 Å². The van der Waals surface area contributed by atoms with Crippen molar-refractivity contribution in [2.24, 2.45) is 11.8 Å². The van der Waals surface area contributed by atoms with Gasteiger partial charge in [0.15, 0.2) is 5.82 Å². The zero-order valence-corrected chi connectivity index (χ0v) is 14.8. The van der Waals surface area contributed by atoms with Crippen molar-refractivity contribution >= 4 is 28.5 Å². The average Bonchev–Trinajstić information content (AvgIpc) is 3.23. The third kappa shape index (κ3) is 3.29. The molecular formula is C18H23FN4O3. The van der Waals surface area contributed by atoms with Crippen LogP contribution in [0.2, 0.25) is 0 Å². The van der Waals surface area contributed by atoms with Crippen molar-refractivity contribution in [3.63, 3.8) is 0 Å². The Morgan fingerprint density at radius 1 is 1.54 bits per heavy atom. The fourth-order valence-corrected chi connectivity index (χ4v) is 3.25. The summed E-state index contributed by atoms with van der Waals surface area (Å²) in [6.07, 6.45) is 0.854. The van der Waals surface area contributed by atoms with Gasteiger partial charge >= 0.3 is 0 Å². The first-order valence-corrected chi connectivity index (χ1v) is 8.80. The number of hydrogen-bond acceptors (Lipinski definition) is 4. The van der Waals surface area contributed by atoms with Crippen LogP contribution in [0.5, 0.6) is 0 Å². The molecule has 0 aliphatic carbocycles. The molecule has 2 aromatic rings. The summed E-state index contributed by atoms with van der Waals surface area (Å²) < 4.78 is 14.2. The van der Waals surface area contributed by atoms with Crippen LogP contribution in [0.15, 0.2) is 18.2 Å². The maximum absolute atomic E-state index is 14.2. The maximum atomic E-state index is 14.2. The third-order valence-electron chi connectivity index (χ3n) is 5.13. The lowest BCUT2D eigenvalue weighted by Crippen LogP contribution is -2.45. The van der Waals surface area contributed by atoms with Crippen molar-refractivity contribution in [1.29, 1.82) is 0 Å². The Labute approximate surface area is 150 Å². The zero-order chi connectivity index (χ0) is 18.8. The van der Waals surface area contributed by atoms with E-state index in [1.165, 1.54) is 11.0 Å². The second kappa shape index (κ2) is 7.41. The predicted molar refractivity (Wildman–Crippen MR) is 95.0 cm³/mol. The molecular weight excluding hydrogens is 339 g/mol. The molecule has 3 rings (SSSR count). The lowest BCUT2D eigenvalue weighted by molar-refractivity contribution is -0.127. The number of fused-ring (bicyclic) bond motifs is 1. The molecule has 1 aromatic heterocycles. The van der Waals surface area contributed by atoms with Crippen LogP contribution in [0.4, 0.5) is 10.2 Å². The molecule has 0 bridgehead atoms. The molecule has 0 saturated carbocycles. The van der Waals surface area contributed by atoms with Gasteiger partial charge < -0.3 is 10.4 Å². The second-order valence-electron chi connectivity index (χ2n) is 6.80. The molecule has 0 radical (unpaired) electrons. The monoisotopic (exact) mass is 362 g/mol. The number of aliphatic hydroxyl groups is 1. The molecule has 140 valence electrons. The Morgan fingerprint density at radius 2 is 2.31 bits per heavy atom. The van der Waals surface area contributed by atoms with Crippen LogP contribution in [-0.2, 0) is 9.59 Å². The molecule has 3 N–H and O–H groups in total. The molecule has 1 aliphatic heterocycles. The van der Waals surface area contributed by atoms with Gasteiger partial charge in [-0.25, -0.2) is 4.39 Å². The van der Waals surface area contributed by atoms with Gasteiger partial charge in [-0.2, -0.15) is 5.10 Å².